The Morgan fingerprint density at radius 3 is 2.64 bits per heavy atom. The van der Waals surface area contributed by atoms with Gasteiger partial charge in [0.05, 0.1) is 24.8 Å². The van der Waals surface area contributed by atoms with Crippen LogP contribution in [0.25, 0.3) is 11.8 Å². The summed E-state index contributed by atoms with van der Waals surface area (Å²) in [4.78, 5) is 12.0. The molecule has 8 heteroatoms. The van der Waals surface area contributed by atoms with Crippen LogP contribution < -0.4 is 4.74 Å². The van der Waals surface area contributed by atoms with Gasteiger partial charge >= 0.3 is 0 Å². The summed E-state index contributed by atoms with van der Waals surface area (Å²) in [5.41, 5.74) is 3.09. The maximum Gasteiger partial charge on any atom is 0.234 e. The third kappa shape index (κ3) is 3.75. The van der Waals surface area contributed by atoms with E-state index in [1.54, 1.807) is 20.4 Å². The second kappa shape index (κ2) is 8.03. The van der Waals surface area contributed by atoms with Crippen LogP contribution in [-0.4, -0.2) is 33.9 Å². The number of piperidine rings is 1. The van der Waals surface area contributed by atoms with Gasteiger partial charge in [0.1, 0.15) is 17.4 Å². The van der Waals surface area contributed by atoms with Crippen molar-refractivity contribution in [1.82, 2.24) is 14.5 Å². The number of hydrogen-bond acceptors (Lipinski definition) is 5. The van der Waals surface area contributed by atoms with E-state index in [4.69, 9.17) is 9.57 Å². The minimum absolute atomic E-state index is 0.390. The van der Waals surface area contributed by atoms with Gasteiger partial charge in [-0.1, -0.05) is 11.2 Å². The second-order valence-electron chi connectivity index (χ2n) is 8.43. The van der Waals surface area contributed by atoms with Crippen molar-refractivity contribution in [2.45, 2.75) is 32.4 Å². The van der Waals surface area contributed by atoms with Crippen molar-refractivity contribution in [2.75, 3.05) is 13.7 Å². The highest BCUT2D eigenvalue weighted by atomic mass is 19.1. The molecule has 5 rings (SSSR count). The number of ether oxygens (including phenoxy) is 1. The molecular weight excluding hydrogens is 426 g/mol. The summed E-state index contributed by atoms with van der Waals surface area (Å²) in [6.45, 7) is 4.39. The molecule has 0 bridgehead atoms. The Bertz CT molecular complexity index is 1260. The second-order valence-corrected chi connectivity index (χ2v) is 8.43. The fourth-order valence-electron chi connectivity index (χ4n) is 4.44. The quantitative estimate of drug-likeness (QED) is 0.551. The lowest BCUT2D eigenvalue weighted by molar-refractivity contribution is -0.0916. The summed E-state index contributed by atoms with van der Waals surface area (Å²) in [7, 11) is 1.64. The summed E-state index contributed by atoms with van der Waals surface area (Å²) in [6, 6.07) is 9.40. The third-order valence-electron chi connectivity index (χ3n) is 6.13. The van der Waals surface area contributed by atoms with Crippen LogP contribution in [0.2, 0.25) is 0 Å². The number of oxime groups is 1. The summed E-state index contributed by atoms with van der Waals surface area (Å²) < 4.78 is 35.3. The Morgan fingerprint density at radius 2 is 1.94 bits per heavy atom. The first-order valence-electron chi connectivity index (χ1n) is 10.8. The lowest BCUT2D eigenvalue weighted by Crippen LogP contribution is -2.47. The lowest BCUT2D eigenvalue weighted by atomic mass is 9.95. The van der Waals surface area contributed by atoms with Crippen molar-refractivity contribution < 1.29 is 18.4 Å². The van der Waals surface area contributed by atoms with E-state index in [1.807, 2.05) is 40.8 Å². The van der Waals surface area contributed by atoms with Gasteiger partial charge in [0.15, 0.2) is 5.84 Å². The zero-order chi connectivity index (χ0) is 23.2. The standard InChI is InChI=1S/C25H24F2N4O2/c1-16-14-30(15-28-16)22-7-6-17(10-23(22)32-3)9-18-5-4-8-31-24(18)29-33-25(31,2)19-11-20(26)13-21(27)12-19/h6-7,9-15H,4-5,8H2,1-3H3. The van der Waals surface area contributed by atoms with E-state index >= 15 is 0 Å². The number of methoxy groups -OCH3 is 1. The van der Waals surface area contributed by atoms with E-state index in [1.165, 1.54) is 12.1 Å². The number of nitrogens with zero attached hydrogens (tertiary/aromatic N) is 4. The molecule has 2 aliphatic heterocycles. The van der Waals surface area contributed by atoms with Crippen molar-refractivity contribution in [2.24, 2.45) is 5.16 Å². The number of amidine groups is 1. The van der Waals surface area contributed by atoms with Crippen LogP contribution in [0.15, 0.2) is 59.7 Å². The van der Waals surface area contributed by atoms with Gasteiger partial charge in [0, 0.05) is 31.3 Å². The number of benzene rings is 2. The third-order valence-corrected chi connectivity index (χ3v) is 6.13. The summed E-state index contributed by atoms with van der Waals surface area (Å²) >= 11 is 0. The first-order valence-corrected chi connectivity index (χ1v) is 10.8. The summed E-state index contributed by atoms with van der Waals surface area (Å²) in [5.74, 6) is 0.119. The topological polar surface area (TPSA) is 51.9 Å². The smallest absolute Gasteiger partial charge is 0.234 e. The van der Waals surface area contributed by atoms with Gasteiger partial charge in [-0.25, -0.2) is 13.8 Å². The van der Waals surface area contributed by atoms with E-state index in [2.05, 4.69) is 16.2 Å². The maximum atomic E-state index is 13.9. The predicted octanol–water partition coefficient (Wildman–Crippen LogP) is 5.16. The highest BCUT2D eigenvalue weighted by molar-refractivity contribution is 6.03. The zero-order valence-electron chi connectivity index (χ0n) is 18.7. The molecule has 1 unspecified atom stereocenters. The van der Waals surface area contributed by atoms with Crippen molar-refractivity contribution in [3.05, 3.63) is 83.0 Å². The molecule has 170 valence electrons. The molecule has 2 aromatic carbocycles. The molecule has 0 radical (unpaired) electrons. The number of rotatable bonds is 4. The van der Waals surface area contributed by atoms with Gasteiger partial charge in [-0.05, 0) is 61.2 Å². The molecule has 2 aliphatic rings. The minimum atomic E-state index is -1.07. The molecule has 1 saturated heterocycles. The Labute approximate surface area is 190 Å². The van der Waals surface area contributed by atoms with Gasteiger partial charge in [-0.3, -0.25) is 0 Å². The predicted molar refractivity (Wildman–Crippen MR) is 121 cm³/mol. The first-order chi connectivity index (χ1) is 15.9. The fraction of sp³-hybridized carbons (Fsp3) is 0.280. The molecule has 0 saturated carbocycles. The summed E-state index contributed by atoms with van der Waals surface area (Å²) in [5, 5.41) is 4.32. The van der Waals surface area contributed by atoms with E-state index in [0.717, 1.165) is 47.2 Å². The Morgan fingerprint density at radius 1 is 1.15 bits per heavy atom. The number of aromatic nitrogens is 2. The van der Waals surface area contributed by atoms with Crippen LogP contribution in [0.1, 0.15) is 36.6 Å². The number of imidazole rings is 1. The fourth-order valence-corrected chi connectivity index (χ4v) is 4.44. The van der Waals surface area contributed by atoms with Gasteiger partial charge in [-0.2, -0.15) is 0 Å². The molecule has 1 atom stereocenters. The highest BCUT2D eigenvalue weighted by Crippen LogP contribution is 2.40. The molecule has 3 heterocycles. The van der Waals surface area contributed by atoms with E-state index in [9.17, 15) is 8.78 Å². The van der Waals surface area contributed by atoms with Crippen molar-refractivity contribution in [1.29, 1.82) is 0 Å². The van der Waals surface area contributed by atoms with Gasteiger partial charge in [-0.15, -0.1) is 0 Å². The number of aryl methyl sites for hydroxylation is 1. The molecule has 0 N–H and O–H groups in total. The summed E-state index contributed by atoms with van der Waals surface area (Å²) in [6.07, 6.45) is 7.43. The molecule has 1 aromatic heterocycles. The lowest BCUT2D eigenvalue weighted by Gasteiger charge is -2.37. The number of halogens is 2. The normalized spacial score (nSPS) is 21.1. The molecular formula is C25H24F2N4O2. The molecule has 0 amide bonds. The Balaban J connectivity index is 1.47. The van der Waals surface area contributed by atoms with Crippen molar-refractivity contribution >= 4 is 11.9 Å². The Hall–Kier alpha value is -3.68. The van der Waals surface area contributed by atoms with Crippen molar-refractivity contribution in [3.8, 4) is 11.4 Å². The number of fused-ring (bicyclic) bond motifs is 1. The van der Waals surface area contributed by atoms with Crippen LogP contribution in [0, 0.1) is 18.6 Å². The maximum absolute atomic E-state index is 13.9. The monoisotopic (exact) mass is 450 g/mol. The van der Waals surface area contributed by atoms with Crippen LogP contribution in [0.4, 0.5) is 8.78 Å². The highest BCUT2D eigenvalue weighted by Gasteiger charge is 2.46. The molecule has 33 heavy (non-hydrogen) atoms. The minimum Gasteiger partial charge on any atom is -0.495 e. The molecule has 0 spiro atoms. The van der Waals surface area contributed by atoms with Crippen LogP contribution in [0.5, 0.6) is 5.75 Å². The van der Waals surface area contributed by atoms with Crippen LogP contribution in [0.3, 0.4) is 0 Å². The van der Waals surface area contributed by atoms with Gasteiger partial charge in [0.25, 0.3) is 0 Å². The Kier molecular flexibility index (Phi) is 5.15. The van der Waals surface area contributed by atoms with Crippen molar-refractivity contribution in [3.63, 3.8) is 0 Å². The first kappa shape index (κ1) is 21.2. The largest absolute Gasteiger partial charge is 0.495 e. The molecule has 1 fully saturated rings. The van der Waals surface area contributed by atoms with E-state index < -0.39 is 17.4 Å². The molecule has 0 aliphatic carbocycles. The van der Waals surface area contributed by atoms with Gasteiger partial charge < -0.3 is 19.0 Å². The molecule has 6 nitrogen and oxygen atoms in total. The zero-order valence-corrected chi connectivity index (χ0v) is 18.7. The van der Waals surface area contributed by atoms with Crippen LogP contribution >= 0.6 is 0 Å². The average molecular weight is 450 g/mol. The number of hydrogen-bond donors (Lipinski definition) is 0. The van der Waals surface area contributed by atoms with Crippen LogP contribution in [-0.2, 0) is 10.6 Å². The SMILES string of the molecule is COc1cc(C=C2CCCN3C2=NOC3(C)c2cc(F)cc(F)c2)ccc1-n1cnc(C)c1. The van der Waals surface area contributed by atoms with Gasteiger partial charge in [0.2, 0.25) is 5.72 Å². The average Bonchev–Trinajstić information content (AvgIpc) is 3.38. The van der Waals surface area contributed by atoms with E-state index in [0.29, 0.717) is 17.9 Å². The molecule has 3 aromatic rings. The van der Waals surface area contributed by atoms with E-state index in [-0.39, 0.29) is 0 Å².